The van der Waals surface area contributed by atoms with Crippen molar-refractivity contribution in [1.29, 1.82) is 0 Å². The largest absolute Gasteiger partial charge is 0.494 e. The molecule has 1 saturated heterocycles. The Bertz CT molecular complexity index is 880. The van der Waals surface area contributed by atoms with Crippen LogP contribution in [-0.4, -0.2) is 80.5 Å². The lowest BCUT2D eigenvalue weighted by Gasteiger charge is -2.36. The average Bonchev–Trinajstić information content (AvgIpc) is 3.28. The van der Waals surface area contributed by atoms with Crippen molar-refractivity contribution >= 4 is 23.2 Å². The van der Waals surface area contributed by atoms with E-state index in [1.54, 1.807) is 36.4 Å². The molecular weight excluding hydrogens is 417 g/mol. The molecule has 0 aliphatic carbocycles. The van der Waals surface area contributed by atoms with Gasteiger partial charge >= 0.3 is 0 Å². The Labute approximate surface area is 187 Å². The Morgan fingerprint density at radius 3 is 2.65 bits per heavy atom. The van der Waals surface area contributed by atoms with Crippen LogP contribution in [0.5, 0.6) is 5.75 Å². The summed E-state index contributed by atoms with van der Waals surface area (Å²) in [6.07, 6.45) is 0. The summed E-state index contributed by atoms with van der Waals surface area (Å²) in [5, 5.41) is 5.45. The van der Waals surface area contributed by atoms with Crippen LogP contribution in [0.1, 0.15) is 10.4 Å². The van der Waals surface area contributed by atoms with Crippen molar-refractivity contribution in [2.24, 2.45) is 4.99 Å². The molecule has 2 heterocycles. The van der Waals surface area contributed by atoms with E-state index in [4.69, 9.17) is 4.74 Å². The Hall–Kier alpha value is -2.65. The van der Waals surface area contributed by atoms with Crippen LogP contribution in [0.25, 0.3) is 0 Å². The number of carbonyl (C=O) groups is 1. The summed E-state index contributed by atoms with van der Waals surface area (Å²) >= 11 is 1.69. The zero-order valence-corrected chi connectivity index (χ0v) is 19.1. The van der Waals surface area contributed by atoms with Crippen molar-refractivity contribution in [3.05, 3.63) is 52.0 Å². The van der Waals surface area contributed by atoms with Crippen LogP contribution < -0.4 is 10.1 Å². The number of halogens is 1. The smallest absolute Gasteiger partial charge is 0.243 e. The van der Waals surface area contributed by atoms with E-state index in [1.807, 2.05) is 17.5 Å². The van der Waals surface area contributed by atoms with E-state index in [1.165, 1.54) is 18.1 Å². The molecule has 0 bridgehead atoms. The number of methoxy groups -OCH3 is 1. The Morgan fingerprint density at radius 2 is 2.03 bits per heavy atom. The molecule has 0 unspecified atom stereocenters. The van der Waals surface area contributed by atoms with Crippen LogP contribution in [0.3, 0.4) is 0 Å². The van der Waals surface area contributed by atoms with Gasteiger partial charge in [-0.05, 0) is 29.1 Å². The van der Waals surface area contributed by atoms with Crippen molar-refractivity contribution in [1.82, 2.24) is 20.0 Å². The van der Waals surface area contributed by atoms with E-state index in [2.05, 4.69) is 26.2 Å². The van der Waals surface area contributed by atoms with E-state index in [0.29, 0.717) is 13.1 Å². The maximum atomic E-state index is 14.0. The molecule has 168 valence electrons. The molecule has 0 saturated carbocycles. The Balaban J connectivity index is 1.58. The Morgan fingerprint density at radius 1 is 1.26 bits per heavy atom. The van der Waals surface area contributed by atoms with Gasteiger partial charge in [0, 0.05) is 51.7 Å². The molecule has 0 spiro atoms. The highest BCUT2D eigenvalue weighted by molar-refractivity contribution is 7.09. The molecular formula is C22H30FN5O2S. The van der Waals surface area contributed by atoms with E-state index in [-0.39, 0.29) is 24.0 Å². The van der Waals surface area contributed by atoms with E-state index in [0.717, 1.165) is 37.7 Å². The Kier molecular flexibility index (Phi) is 8.25. The summed E-state index contributed by atoms with van der Waals surface area (Å²) in [5.41, 5.74) is 0.924. The van der Waals surface area contributed by atoms with E-state index >= 15 is 0 Å². The number of likely N-dealkylation sites (N-methyl/N-ethyl adjacent to an activating group) is 1. The summed E-state index contributed by atoms with van der Waals surface area (Å²) in [4.78, 5) is 23.8. The topological polar surface area (TPSA) is 60.4 Å². The van der Waals surface area contributed by atoms with Gasteiger partial charge in [-0.1, -0.05) is 12.1 Å². The van der Waals surface area contributed by atoms with Gasteiger partial charge in [0.05, 0.1) is 13.7 Å². The minimum atomic E-state index is -0.337. The number of nitrogens with zero attached hydrogens (tertiary/aromatic N) is 4. The first-order valence-corrected chi connectivity index (χ1v) is 11.1. The highest BCUT2D eigenvalue weighted by Gasteiger charge is 2.21. The average molecular weight is 448 g/mol. The van der Waals surface area contributed by atoms with Gasteiger partial charge in [0.2, 0.25) is 5.91 Å². The lowest BCUT2D eigenvalue weighted by atomic mass is 10.2. The van der Waals surface area contributed by atoms with Gasteiger partial charge in [-0.2, -0.15) is 0 Å². The van der Waals surface area contributed by atoms with Crippen LogP contribution in [-0.2, 0) is 17.9 Å². The number of amides is 1. The van der Waals surface area contributed by atoms with E-state index < -0.39 is 0 Å². The standard InChI is InChI=1S/C22H30FN5O2S/c1-26(2)21(29)15-25-22(24-14-18-5-4-12-31-18)28-10-8-27(9-11-28)16-17-6-7-20(30-3)19(23)13-17/h4-7,12-13H,8-11,14-16H2,1-3H3,(H,24,25). The van der Waals surface area contributed by atoms with Crippen molar-refractivity contribution in [2.75, 3.05) is 53.9 Å². The predicted octanol–water partition coefficient (Wildman–Crippen LogP) is 2.25. The van der Waals surface area contributed by atoms with E-state index in [9.17, 15) is 9.18 Å². The SMILES string of the molecule is COc1ccc(CN2CCN(C(=NCC(=O)N(C)C)NCc3cccs3)CC2)cc1F. The van der Waals surface area contributed by atoms with Crippen LogP contribution in [0.15, 0.2) is 40.7 Å². The van der Waals surface area contributed by atoms with Crippen LogP contribution in [0.4, 0.5) is 4.39 Å². The minimum Gasteiger partial charge on any atom is -0.494 e. The van der Waals surface area contributed by atoms with Gasteiger partial charge in [0.25, 0.3) is 0 Å². The monoisotopic (exact) mass is 447 g/mol. The normalized spacial score (nSPS) is 15.1. The number of hydrogen-bond donors (Lipinski definition) is 1. The fourth-order valence-electron chi connectivity index (χ4n) is 3.32. The minimum absolute atomic E-state index is 0.0319. The van der Waals surface area contributed by atoms with Crippen molar-refractivity contribution in [2.45, 2.75) is 13.1 Å². The summed E-state index contributed by atoms with van der Waals surface area (Å²) < 4.78 is 19.0. The number of ether oxygens (including phenoxy) is 1. The second-order valence-corrected chi connectivity index (χ2v) is 8.63. The quantitative estimate of drug-likeness (QED) is 0.521. The molecule has 0 radical (unpaired) electrons. The highest BCUT2D eigenvalue weighted by atomic mass is 32.1. The molecule has 1 aliphatic heterocycles. The van der Waals surface area contributed by atoms with Crippen molar-refractivity contribution < 1.29 is 13.9 Å². The fraction of sp³-hybridized carbons (Fsp3) is 0.455. The molecule has 3 rings (SSSR count). The number of hydrogen-bond acceptors (Lipinski definition) is 5. The van der Waals surface area contributed by atoms with Gasteiger partial charge in [0.15, 0.2) is 17.5 Å². The maximum absolute atomic E-state index is 14.0. The molecule has 2 aromatic rings. The zero-order chi connectivity index (χ0) is 22.2. The molecule has 0 atom stereocenters. The van der Waals surface area contributed by atoms with Gasteiger partial charge in [-0.15, -0.1) is 11.3 Å². The second kappa shape index (κ2) is 11.1. The van der Waals surface area contributed by atoms with Gasteiger partial charge < -0.3 is 19.9 Å². The predicted molar refractivity (Wildman–Crippen MR) is 122 cm³/mol. The van der Waals surface area contributed by atoms with Crippen LogP contribution >= 0.6 is 11.3 Å². The molecule has 31 heavy (non-hydrogen) atoms. The number of rotatable bonds is 7. The number of benzene rings is 1. The number of carbonyl (C=O) groups excluding carboxylic acids is 1. The lowest BCUT2D eigenvalue weighted by molar-refractivity contribution is -0.127. The number of nitrogens with one attached hydrogen (secondary N) is 1. The van der Waals surface area contributed by atoms with Crippen LogP contribution in [0.2, 0.25) is 0 Å². The van der Waals surface area contributed by atoms with Crippen molar-refractivity contribution in [3.63, 3.8) is 0 Å². The summed E-state index contributed by atoms with van der Waals surface area (Å²) in [7, 11) is 4.93. The van der Waals surface area contributed by atoms with Gasteiger partial charge in [0.1, 0.15) is 6.54 Å². The molecule has 1 aromatic carbocycles. The molecule has 1 aliphatic rings. The zero-order valence-electron chi connectivity index (χ0n) is 18.3. The summed E-state index contributed by atoms with van der Waals surface area (Å²) in [6, 6.07) is 9.20. The fourth-order valence-corrected chi connectivity index (χ4v) is 3.96. The molecule has 1 N–H and O–H groups in total. The molecule has 1 fully saturated rings. The van der Waals surface area contributed by atoms with Gasteiger partial charge in [-0.25, -0.2) is 9.38 Å². The van der Waals surface area contributed by atoms with Crippen molar-refractivity contribution in [3.8, 4) is 5.75 Å². The molecule has 9 heteroatoms. The number of guanidine groups is 1. The summed E-state index contributed by atoms with van der Waals surface area (Å²) in [6.45, 7) is 4.70. The second-order valence-electron chi connectivity index (χ2n) is 7.59. The third kappa shape index (κ3) is 6.67. The summed E-state index contributed by atoms with van der Waals surface area (Å²) in [5.74, 6) is 0.643. The van der Waals surface area contributed by atoms with Gasteiger partial charge in [-0.3, -0.25) is 9.69 Å². The highest BCUT2D eigenvalue weighted by Crippen LogP contribution is 2.19. The lowest BCUT2D eigenvalue weighted by Crippen LogP contribution is -2.52. The first-order valence-electron chi connectivity index (χ1n) is 10.3. The third-order valence-electron chi connectivity index (χ3n) is 5.16. The first kappa shape index (κ1) is 23.0. The number of thiophene rings is 1. The van der Waals surface area contributed by atoms with Crippen LogP contribution in [0, 0.1) is 5.82 Å². The number of piperazine rings is 1. The molecule has 1 aromatic heterocycles. The third-order valence-corrected chi connectivity index (χ3v) is 6.03. The maximum Gasteiger partial charge on any atom is 0.243 e. The number of aliphatic imine (C=N–C) groups is 1. The first-order chi connectivity index (χ1) is 15.0. The molecule has 7 nitrogen and oxygen atoms in total. The molecule has 1 amide bonds.